The Morgan fingerprint density at radius 1 is 1.33 bits per heavy atom. The first-order chi connectivity index (χ1) is 8.52. The lowest BCUT2D eigenvalue weighted by Crippen LogP contribution is -2.31. The van der Waals surface area contributed by atoms with Crippen LogP contribution in [0.2, 0.25) is 0 Å². The molecule has 1 aromatic rings. The second kappa shape index (κ2) is 7.49. The lowest BCUT2D eigenvalue weighted by atomic mass is 10.00. The number of aliphatic hydroxyl groups excluding tert-OH is 1. The number of hydrogen-bond donors (Lipinski definition) is 2. The minimum absolute atomic E-state index is 0.306. The Balaban J connectivity index is 2.39. The summed E-state index contributed by atoms with van der Waals surface area (Å²) in [5.74, 6) is 0.373. The summed E-state index contributed by atoms with van der Waals surface area (Å²) >= 11 is 0. The normalized spacial score (nSPS) is 16.3. The third kappa shape index (κ3) is 5.15. The van der Waals surface area contributed by atoms with Crippen LogP contribution < -0.4 is 5.32 Å². The highest BCUT2D eigenvalue weighted by Gasteiger charge is 2.11. The van der Waals surface area contributed by atoms with Crippen LogP contribution in [0.25, 0.3) is 0 Å². The summed E-state index contributed by atoms with van der Waals surface area (Å²) < 4.78 is 13.0. The molecule has 3 unspecified atom stereocenters. The molecule has 0 radical (unpaired) electrons. The number of nitrogens with one attached hydrogen (secondary N) is 1. The zero-order valence-corrected chi connectivity index (χ0v) is 11.5. The SMILES string of the molecule is CCC(C)CC(C)NCC(O)c1cccc(F)c1. The molecule has 1 rings (SSSR count). The summed E-state index contributed by atoms with van der Waals surface area (Å²) in [6.45, 7) is 6.98. The Kier molecular flexibility index (Phi) is 6.30. The van der Waals surface area contributed by atoms with Gasteiger partial charge >= 0.3 is 0 Å². The first-order valence-corrected chi connectivity index (χ1v) is 6.69. The van der Waals surface area contributed by atoms with Crippen LogP contribution in [0.3, 0.4) is 0 Å². The first kappa shape index (κ1) is 15.1. The molecule has 0 fully saturated rings. The van der Waals surface area contributed by atoms with E-state index >= 15 is 0 Å². The molecule has 0 aliphatic rings. The molecule has 0 spiro atoms. The monoisotopic (exact) mass is 253 g/mol. The molecule has 0 amide bonds. The Morgan fingerprint density at radius 2 is 2.06 bits per heavy atom. The van der Waals surface area contributed by atoms with Crippen LogP contribution in [0.5, 0.6) is 0 Å². The van der Waals surface area contributed by atoms with E-state index in [1.165, 1.54) is 18.6 Å². The summed E-state index contributed by atoms with van der Waals surface area (Å²) in [7, 11) is 0. The molecule has 18 heavy (non-hydrogen) atoms. The largest absolute Gasteiger partial charge is 0.387 e. The topological polar surface area (TPSA) is 32.3 Å². The molecule has 102 valence electrons. The minimum Gasteiger partial charge on any atom is -0.387 e. The van der Waals surface area contributed by atoms with E-state index < -0.39 is 6.10 Å². The van der Waals surface area contributed by atoms with Crippen molar-refractivity contribution in [1.82, 2.24) is 5.32 Å². The van der Waals surface area contributed by atoms with E-state index in [9.17, 15) is 9.50 Å². The maximum atomic E-state index is 13.0. The van der Waals surface area contributed by atoms with Gasteiger partial charge in [0.25, 0.3) is 0 Å². The van der Waals surface area contributed by atoms with Crippen molar-refractivity contribution in [3.8, 4) is 0 Å². The molecule has 0 heterocycles. The summed E-state index contributed by atoms with van der Waals surface area (Å²) in [6.07, 6.45) is 1.60. The van der Waals surface area contributed by atoms with E-state index in [-0.39, 0.29) is 5.82 Å². The lowest BCUT2D eigenvalue weighted by molar-refractivity contribution is 0.168. The minimum atomic E-state index is -0.653. The zero-order valence-electron chi connectivity index (χ0n) is 11.5. The molecule has 2 nitrogen and oxygen atoms in total. The van der Waals surface area contributed by atoms with Gasteiger partial charge in [0.15, 0.2) is 0 Å². The van der Waals surface area contributed by atoms with Crippen LogP contribution in [0.15, 0.2) is 24.3 Å². The second-order valence-corrected chi connectivity index (χ2v) is 5.13. The lowest BCUT2D eigenvalue weighted by Gasteiger charge is -2.20. The number of hydrogen-bond acceptors (Lipinski definition) is 2. The van der Waals surface area contributed by atoms with Gasteiger partial charge in [-0.1, -0.05) is 32.4 Å². The van der Waals surface area contributed by atoms with Crippen LogP contribution in [0, 0.1) is 11.7 Å². The van der Waals surface area contributed by atoms with Gasteiger partial charge in [0.2, 0.25) is 0 Å². The number of aliphatic hydroxyl groups is 1. The van der Waals surface area contributed by atoms with Crippen LogP contribution in [0.1, 0.15) is 45.3 Å². The fraction of sp³-hybridized carbons (Fsp3) is 0.600. The predicted octanol–water partition coefficient (Wildman–Crippen LogP) is 3.27. The van der Waals surface area contributed by atoms with Gasteiger partial charge in [0, 0.05) is 12.6 Å². The average molecular weight is 253 g/mol. The average Bonchev–Trinajstić information content (AvgIpc) is 2.35. The third-order valence-electron chi connectivity index (χ3n) is 3.35. The molecule has 3 atom stereocenters. The van der Waals surface area contributed by atoms with Gasteiger partial charge in [-0.2, -0.15) is 0 Å². The van der Waals surface area contributed by atoms with E-state index in [0.717, 1.165) is 6.42 Å². The molecule has 0 aromatic heterocycles. The van der Waals surface area contributed by atoms with Crippen molar-refractivity contribution in [1.29, 1.82) is 0 Å². The highest BCUT2D eigenvalue weighted by molar-refractivity contribution is 5.18. The van der Waals surface area contributed by atoms with Gasteiger partial charge < -0.3 is 10.4 Å². The van der Waals surface area contributed by atoms with Crippen molar-refractivity contribution in [2.24, 2.45) is 5.92 Å². The maximum absolute atomic E-state index is 13.0. The van der Waals surface area contributed by atoms with Crippen LogP contribution in [0.4, 0.5) is 4.39 Å². The molecule has 0 aliphatic heterocycles. The summed E-state index contributed by atoms with van der Waals surface area (Å²) in [4.78, 5) is 0. The Bertz CT molecular complexity index is 356. The van der Waals surface area contributed by atoms with E-state index in [0.29, 0.717) is 24.1 Å². The van der Waals surface area contributed by atoms with E-state index in [4.69, 9.17) is 0 Å². The standard InChI is InChI=1S/C15H24FNO/c1-4-11(2)8-12(3)17-10-15(18)13-6-5-7-14(16)9-13/h5-7,9,11-12,15,17-18H,4,8,10H2,1-3H3. The van der Waals surface area contributed by atoms with Gasteiger partial charge in [-0.3, -0.25) is 0 Å². The van der Waals surface area contributed by atoms with Crippen LogP contribution >= 0.6 is 0 Å². The molecule has 0 aliphatic carbocycles. The van der Waals surface area contributed by atoms with Gasteiger partial charge in [-0.05, 0) is 37.0 Å². The van der Waals surface area contributed by atoms with Gasteiger partial charge in [-0.15, -0.1) is 0 Å². The van der Waals surface area contributed by atoms with E-state index in [2.05, 4.69) is 26.1 Å². The quantitative estimate of drug-likeness (QED) is 0.781. The number of benzene rings is 1. The maximum Gasteiger partial charge on any atom is 0.123 e. The molecule has 0 bridgehead atoms. The van der Waals surface area contributed by atoms with Crippen LogP contribution in [-0.4, -0.2) is 17.7 Å². The second-order valence-electron chi connectivity index (χ2n) is 5.13. The predicted molar refractivity (Wildman–Crippen MR) is 72.9 cm³/mol. The Labute approximate surface area is 109 Å². The summed E-state index contributed by atoms with van der Waals surface area (Å²) in [5, 5.41) is 13.2. The van der Waals surface area contributed by atoms with Gasteiger partial charge in [-0.25, -0.2) is 4.39 Å². The smallest absolute Gasteiger partial charge is 0.123 e. The van der Waals surface area contributed by atoms with Crippen molar-refractivity contribution in [2.75, 3.05) is 6.54 Å². The highest BCUT2D eigenvalue weighted by atomic mass is 19.1. The van der Waals surface area contributed by atoms with Crippen molar-refractivity contribution in [3.05, 3.63) is 35.6 Å². The van der Waals surface area contributed by atoms with E-state index in [1.807, 2.05) is 0 Å². The van der Waals surface area contributed by atoms with Crippen molar-refractivity contribution in [3.63, 3.8) is 0 Å². The molecular weight excluding hydrogens is 229 g/mol. The number of halogens is 1. The van der Waals surface area contributed by atoms with Crippen molar-refractivity contribution < 1.29 is 9.50 Å². The van der Waals surface area contributed by atoms with Gasteiger partial charge in [0.1, 0.15) is 5.82 Å². The Morgan fingerprint density at radius 3 is 2.67 bits per heavy atom. The highest BCUT2D eigenvalue weighted by Crippen LogP contribution is 2.14. The summed E-state index contributed by atoms with van der Waals surface area (Å²) in [6, 6.07) is 6.50. The zero-order chi connectivity index (χ0) is 13.5. The molecular formula is C15H24FNO. The summed E-state index contributed by atoms with van der Waals surface area (Å²) in [5.41, 5.74) is 0.623. The van der Waals surface area contributed by atoms with E-state index in [1.54, 1.807) is 12.1 Å². The fourth-order valence-corrected chi connectivity index (χ4v) is 2.00. The van der Waals surface area contributed by atoms with Crippen molar-refractivity contribution >= 4 is 0 Å². The molecule has 1 aromatic carbocycles. The molecule has 0 saturated carbocycles. The van der Waals surface area contributed by atoms with Crippen LogP contribution in [-0.2, 0) is 0 Å². The van der Waals surface area contributed by atoms with Crippen molar-refractivity contribution in [2.45, 2.75) is 45.8 Å². The molecule has 0 saturated heterocycles. The number of rotatable bonds is 7. The van der Waals surface area contributed by atoms with Gasteiger partial charge in [0.05, 0.1) is 6.10 Å². The Hall–Kier alpha value is -0.930. The molecule has 2 N–H and O–H groups in total. The first-order valence-electron chi connectivity index (χ1n) is 6.69. The fourth-order valence-electron chi connectivity index (χ4n) is 2.00. The third-order valence-corrected chi connectivity index (χ3v) is 3.35. The molecule has 3 heteroatoms.